The number of amides is 1. The van der Waals surface area contributed by atoms with Gasteiger partial charge < -0.3 is 14.7 Å². The Labute approximate surface area is 198 Å². The number of carbonyl (C=O) groups excluding carboxylic acids is 1. The molecule has 0 fully saturated rings. The third kappa shape index (κ3) is 7.52. The number of benzene rings is 2. The van der Waals surface area contributed by atoms with Crippen LogP contribution >= 0.6 is 22.6 Å². The fourth-order valence-electron chi connectivity index (χ4n) is 3.74. The standard InChI is InChI=1S/C25H32INO4/c1-24(2,18-27(4)23(30)31-17-19-10-6-5-7-11-19)14-9-15-25(3,22(28)29)20-12-8-13-21(26)16-20/h5-8,10-13,16H,9,14-15,17-18H2,1-4H3,(H,28,29). The van der Waals surface area contributed by atoms with Crippen LogP contribution in [-0.4, -0.2) is 35.7 Å². The summed E-state index contributed by atoms with van der Waals surface area (Å²) in [6.45, 7) is 6.76. The summed E-state index contributed by atoms with van der Waals surface area (Å²) in [6.07, 6.45) is 1.73. The van der Waals surface area contributed by atoms with Gasteiger partial charge in [-0.15, -0.1) is 0 Å². The van der Waals surface area contributed by atoms with E-state index < -0.39 is 11.4 Å². The molecule has 0 aliphatic carbocycles. The monoisotopic (exact) mass is 537 g/mol. The first kappa shape index (κ1) is 25.2. The molecule has 0 spiro atoms. The molecule has 0 saturated heterocycles. The Hall–Kier alpha value is -2.09. The maximum Gasteiger partial charge on any atom is 0.409 e. The summed E-state index contributed by atoms with van der Waals surface area (Å²) >= 11 is 2.21. The van der Waals surface area contributed by atoms with Crippen molar-refractivity contribution in [3.63, 3.8) is 0 Å². The van der Waals surface area contributed by atoms with E-state index in [9.17, 15) is 14.7 Å². The third-order valence-corrected chi connectivity index (χ3v) is 6.32. The zero-order chi connectivity index (χ0) is 23.1. The first-order valence-corrected chi connectivity index (χ1v) is 11.5. The topological polar surface area (TPSA) is 66.8 Å². The largest absolute Gasteiger partial charge is 0.481 e. The lowest BCUT2D eigenvalue weighted by Gasteiger charge is -2.32. The molecule has 1 atom stereocenters. The van der Waals surface area contributed by atoms with E-state index in [1.165, 1.54) is 0 Å². The van der Waals surface area contributed by atoms with Crippen molar-refractivity contribution in [2.75, 3.05) is 13.6 Å². The maximum atomic E-state index is 12.4. The minimum Gasteiger partial charge on any atom is -0.481 e. The second-order valence-electron chi connectivity index (χ2n) is 9.06. The molecule has 0 saturated carbocycles. The first-order chi connectivity index (χ1) is 14.5. The van der Waals surface area contributed by atoms with Crippen molar-refractivity contribution in [3.05, 3.63) is 69.3 Å². The fourth-order valence-corrected chi connectivity index (χ4v) is 4.29. The van der Waals surface area contributed by atoms with Gasteiger partial charge in [0.2, 0.25) is 0 Å². The summed E-state index contributed by atoms with van der Waals surface area (Å²) in [5.41, 5.74) is 0.682. The van der Waals surface area contributed by atoms with Crippen molar-refractivity contribution in [2.45, 2.75) is 52.1 Å². The van der Waals surface area contributed by atoms with Crippen LogP contribution in [0.15, 0.2) is 54.6 Å². The molecule has 31 heavy (non-hydrogen) atoms. The van der Waals surface area contributed by atoms with E-state index in [1.807, 2.05) is 54.6 Å². The van der Waals surface area contributed by atoms with Crippen molar-refractivity contribution in [3.8, 4) is 0 Å². The van der Waals surface area contributed by atoms with E-state index in [-0.39, 0.29) is 18.1 Å². The molecule has 0 radical (unpaired) electrons. The number of ether oxygens (including phenoxy) is 1. The summed E-state index contributed by atoms with van der Waals surface area (Å²) in [5.74, 6) is -0.811. The summed E-state index contributed by atoms with van der Waals surface area (Å²) in [6, 6.07) is 17.3. The van der Waals surface area contributed by atoms with Gasteiger partial charge in [0, 0.05) is 17.2 Å². The number of carboxylic acids is 1. The van der Waals surface area contributed by atoms with E-state index >= 15 is 0 Å². The Balaban J connectivity index is 1.89. The molecule has 2 rings (SSSR count). The van der Waals surface area contributed by atoms with Crippen LogP contribution in [0.1, 0.15) is 51.2 Å². The van der Waals surface area contributed by atoms with Crippen molar-refractivity contribution in [2.24, 2.45) is 5.41 Å². The smallest absolute Gasteiger partial charge is 0.409 e. The highest BCUT2D eigenvalue weighted by molar-refractivity contribution is 14.1. The molecule has 0 heterocycles. The molecule has 6 heteroatoms. The average molecular weight is 537 g/mol. The predicted octanol–water partition coefficient (Wildman–Crippen LogP) is 6.10. The molecular weight excluding hydrogens is 505 g/mol. The SMILES string of the molecule is CN(CC(C)(C)CCCC(C)(C(=O)O)c1cccc(I)c1)C(=O)OCc1ccccc1. The number of hydrogen-bond acceptors (Lipinski definition) is 3. The van der Waals surface area contributed by atoms with Crippen LogP contribution in [0.2, 0.25) is 0 Å². The van der Waals surface area contributed by atoms with Gasteiger partial charge >= 0.3 is 12.1 Å². The van der Waals surface area contributed by atoms with Crippen LogP contribution in [0.5, 0.6) is 0 Å². The zero-order valence-electron chi connectivity index (χ0n) is 18.7. The van der Waals surface area contributed by atoms with E-state index in [2.05, 4.69) is 36.4 Å². The highest BCUT2D eigenvalue weighted by Gasteiger charge is 2.35. The molecule has 0 aliphatic rings. The molecule has 1 N–H and O–H groups in total. The van der Waals surface area contributed by atoms with Gasteiger partial charge in [0.1, 0.15) is 6.61 Å². The first-order valence-electron chi connectivity index (χ1n) is 10.4. The van der Waals surface area contributed by atoms with Crippen molar-refractivity contribution in [1.82, 2.24) is 4.90 Å². The molecule has 0 bridgehead atoms. The van der Waals surface area contributed by atoms with Crippen molar-refractivity contribution < 1.29 is 19.4 Å². The lowest BCUT2D eigenvalue weighted by Crippen LogP contribution is -2.37. The summed E-state index contributed by atoms with van der Waals surface area (Å²) < 4.78 is 6.43. The van der Waals surface area contributed by atoms with Gasteiger partial charge in [-0.3, -0.25) is 4.79 Å². The van der Waals surface area contributed by atoms with Crippen LogP contribution < -0.4 is 0 Å². The summed E-state index contributed by atoms with van der Waals surface area (Å²) in [4.78, 5) is 26.0. The number of halogens is 1. The number of nitrogens with zero attached hydrogens (tertiary/aromatic N) is 1. The second kappa shape index (κ2) is 11.0. The van der Waals surface area contributed by atoms with E-state index in [4.69, 9.17) is 4.74 Å². The number of rotatable bonds is 10. The summed E-state index contributed by atoms with van der Waals surface area (Å²) in [5, 5.41) is 9.91. The number of aliphatic carboxylic acids is 1. The van der Waals surface area contributed by atoms with Gasteiger partial charge in [-0.25, -0.2) is 4.79 Å². The Morgan fingerprint density at radius 3 is 2.32 bits per heavy atom. The number of carbonyl (C=O) groups is 2. The molecule has 0 aromatic heterocycles. The zero-order valence-corrected chi connectivity index (χ0v) is 20.9. The Morgan fingerprint density at radius 2 is 1.71 bits per heavy atom. The summed E-state index contributed by atoms with van der Waals surface area (Å²) in [7, 11) is 1.74. The molecular formula is C25H32INO4. The fraction of sp³-hybridized carbons (Fsp3) is 0.440. The quantitative estimate of drug-likeness (QED) is 0.372. The van der Waals surface area contributed by atoms with Crippen LogP contribution in [0.4, 0.5) is 4.79 Å². The van der Waals surface area contributed by atoms with Crippen molar-refractivity contribution >= 4 is 34.7 Å². The van der Waals surface area contributed by atoms with Gasteiger partial charge in [-0.05, 0) is 71.0 Å². The minimum atomic E-state index is -0.933. The van der Waals surface area contributed by atoms with E-state index in [1.54, 1.807) is 18.9 Å². The van der Waals surface area contributed by atoms with E-state index in [0.29, 0.717) is 13.0 Å². The third-order valence-electron chi connectivity index (χ3n) is 5.65. The van der Waals surface area contributed by atoms with Gasteiger partial charge in [0.15, 0.2) is 0 Å². The van der Waals surface area contributed by atoms with Crippen LogP contribution in [0.3, 0.4) is 0 Å². The molecule has 1 unspecified atom stereocenters. The normalized spacial score (nSPS) is 13.3. The van der Waals surface area contributed by atoms with Gasteiger partial charge in [-0.2, -0.15) is 0 Å². The van der Waals surface area contributed by atoms with Crippen molar-refractivity contribution in [1.29, 1.82) is 0 Å². The molecule has 5 nitrogen and oxygen atoms in total. The number of carboxylic acid groups (broad SMARTS) is 1. The molecule has 2 aromatic carbocycles. The van der Waals surface area contributed by atoms with Gasteiger partial charge in [0.25, 0.3) is 0 Å². The molecule has 168 valence electrons. The Bertz CT molecular complexity index is 884. The van der Waals surface area contributed by atoms with Crippen LogP contribution in [0.25, 0.3) is 0 Å². The van der Waals surface area contributed by atoms with Crippen LogP contribution in [0, 0.1) is 8.99 Å². The Kier molecular flexibility index (Phi) is 8.91. The highest BCUT2D eigenvalue weighted by atomic mass is 127. The number of hydrogen-bond donors (Lipinski definition) is 1. The second-order valence-corrected chi connectivity index (χ2v) is 10.3. The van der Waals surface area contributed by atoms with Crippen LogP contribution in [-0.2, 0) is 21.6 Å². The highest BCUT2D eigenvalue weighted by Crippen LogP contribution is 2.34. The maximum absolute atomic E-state index is 12.4. The predicted molar refractivity (Wildman–Crippen MR) is 131 cm³/mol. The minimum absolute atomic E-state index is 0.162. The molecule has 2 aromatic rings. The molecule has 1 amide bonds. The lowest BCUT2D eigenvalue weighted by atomic mass is 9.76. The lowest BCUT2D eigenvalue weighted by molar-refractivity contribution is -0.143. The Morgan fingerprint density at radius 1 is 1.03 bits per heavy atom. The van der Waals surface area contributed by atoms with Gasteiger partial charge in [0.05, 0.1) is 5.41 Å². The van der Waals surface area contributed by atoms with Gasteiger partial charge in [-0.1, -0.05) is 62.7 Å². The average Bonchev–Trinajstić information content (AvgIpc) is 2.72. The molecule has 0 aliphatic heterocycles. The van der Waals surface area contributed by atoms with E-state index in [0.717, 1.165) is 27.5 Å².